The third kappa shape index (κ3) is 5.31. The standard InChI is InChI=1S/C24H23FN2O3S2/c1-30-18-11-9-17(10-12-18)26-23(29)22-19-3-2-4-20(19)32-24(22)27-21(28)14-31-13-15-5-7-16(25)8-6-15/h5-12H,2-4,13-14H2,1H3,(H,26,29)(H,27,28). The Hall–Kier alpha value is -2.84. The molecule has 0 atom stereocenters. The van der Waals surface area contributed by atoms with E-state index in [-0.39, 0.29) is 23.4 Å². The second kappa shape index (κ2) is 10.2. The van der Waals surface area contributed by atoms with Gasteiger partial charge in [0.05, 0.1) is 18.4 Å². The molecule has 0 bridgehead atoms. The molecule has 2 amide bonds. The maximum atomic E-state index is 13.1. The maximum Gasteiger partial charge on any atom is 0.258 e. The van der Waals surface area contributed by atoms with Crippen molar-refractivity contribution in [2.24, 2.45) is 0 Å². The van der Waals surface area contributed by atoms with Gasteiger partial charge in [-0.2, -0.15) is 0 Å². The van der Waals surface area contributed by atoms with E-state index in [1.54, 1.807) is 43.5 Å². The first-order valence-corrected chi connectivity index (χ1v) is 12.2. The molecule has 0 radical (unpaired) electrons. The van der Waals surface area contributed by atoms with Crippen LogP contribution in [0.4, 0.5) is 15.1 Å². The lowest BCUT2D eigenvalue weighted by Crippen LogP contribution is -2.19. The monoisotopic (exact) mass is 470 g/mol. The predicted molar refractivity (Wildman–Crippen MR) is 128 cm³/mol. The Morgan fingerprint density at radius 2 is 1.81 bits per heavy atom. The molecule has 166 valence electrons. The summed E-state index contributed by atoms with van der Waals surface area (Å²) < 4.78 is 18.2. The summed E-state index contributed by atoms with van der Waals surface area (Å²) in [6.07, 6.45) is 2.79. The molecule has 0 aliphatic heterocycles. The van der Waals surface area contributed by atoms with Gasteiger partial charge >= 0.3 is 0 Å². The first kappa shape index (κ1) is 22.4. The fourth-order valence-corrected chi connectivity index (χ4v) is 5.70. The first-order valence-electron chi connectivity index (χ1n) is 10.3. The number of carbonyl (C=O) groups is 2. The highest BCUT2D eigenvalue weighted by molar-refractivity contribution is 7.99. The van der Waals surface area contributed by atoms with Gasteiger partial charge in [-0.05, 0) is 66.8 Å². The Kier molecular flexibility index (Phi) is 7.12. The lowest BCUT2D eigenvalue weighted by Gasteiger charge is -2.10. The summed E-state index contributed by atoms with van der Waals surface area (Å²) >= 11 is 2.94. The SMILES string of the molecule is COc1ccc(NC(=O)c2c(NC(=O)CSCc3ccc(F)cc3)sc3c2CCC3)cc1. The third-order valence-electron chi connectivity index (χ3n) is 5.16. The summed E-state index contributed by atoms with van der Waals surface area (Å²) in [4.78, 5) is 26.8. The minimum Gasteiger partial charge on any atom is -0.497 e. The van der Waals surface area contributed by atoms with E-state index in [1.807, 2.05) is 0 Å². The van der Waals surface area contributed by atoms with E-state index >= 15 is 0 Å². The molecular weight excluding hydrogens is 447 g/mol. The van der Waals surface area contributed by atoms with Crippen molar-refractivity contribution in [2.45, 2.75) is 25.0 Å². The molecule has 0 fully saturated rings. The number of thioether (sulfide) groups is 1. The average Bonchev–Trinajstić information content (AvgIpc) is 3.36. The lowest BCUT2D eigenvalue weighted by molar-refractivity contribution is -0.113. The molecule has 1 heterocycles. The number of fused-ring (bicyclic) bond motifs is 1. The van der Waals surface area contributed by atoms with Crippen molar-refractivity contribution in [1.29, 1.82) is 0 Å². The summed E-state index contributed by atoms with van der Waals surface area (Å²) in [7, 11) is 1.59. The van der Waals surface area contributed by atoms with Crippen LogP contribution in [0.25, 0.3) is 0 Å². The van der Waals surface area contributed by atoms with Gasteiger partial charge in [0.1, 0.15) is 16.6 Å². The molecule has 0 spiro atoms. The molecule has 0 unspecified atom stereocenters. The Morgan fingerprint density at radius 1 is 1.06 bits per heavy atom. The fraction of sp³-hybridized carbons (Fsp3) is 0.250. The zero-order chi connectivity index (χ0) is 22.5. The smallest absolute Gasteiger partial charge is 0.258 e. The molecule has 5 nitrogen and oxygen atoms in total. The number of carbonyl (C=O) groups excluding carboxylic acids is 2. The zero-order valence-corrected chi connectivity index (χ0v) is 19.2. The second-order valence-electron chi connectivity index (χ2n) is 7.41. The second-order valence-corrected chi connectivity index (χ2v) is 9.50. The van der Waals surface area contributed by atoms with E-state index in [9.17, 15) is 14.0 Å². The quantitative estimate of drug-likeness (QED) is 0.456. The van der Waals surface area contributed by atoms with Gasteiger partial charge in [-0.3, -0.25) is 9.59 Å². The van der Waals surface area contributed by atoms with Crippen molar-refractivity contribution in [3.63, 3.8) is 0 Å². The van der Waals surface area contributed by atoms with E-state index < -0.39 is 0 Å². The molecule has 2 aromatic carbocycles. The Labute approximate surface area is 194 Å². The van der Waals surface area contributed by atoms with Crippen LogP contribution >= 0.6 is 23.1 Å². The number of hydrogen-bond acceptors (Lipinski definition) is 5. The van der Waals surface area contributed by atoms with Crippen molar-refractivity contribution in [3.05, 3.63) is 75.9 Å². The normalized spacial score (nSPS) is 12.3. The number of thiophene rings is 1. The van der Waals surface area contributed by atoms with Crippen LogP contribution < -0.4 is 15.4 Å². The van der Waals surface area contributed by atoms with Gasteiger partial charge in [-0.15, -0.1) is 23.1 Å². The van der Waals surface area contributed by atoms with Crippen molar-refractivity contribution in [1.82, 2.24) is 0 Å². The summed E-state index contributed by atoms with van der Waals surface area (Å²) in [5.74, 6) is 0.923. The van der Waals surface area contributed by atoms with Crippen LogP contribution in [0.15, 0.2) is 48.5 Å². The van der Waals surface area contributed by atoms with Crippen LogP contribution in [0.2, 0.25) is 0 Å². The third-order valence-corrected chi connectivity index (χ3v) is 7.38. The van der Waals surface area contributed by atoms with Crippen molar-refractivity contribution < 1.29 is 18.7 Å². The summed E-state index contributed by atoms with van der Waals surface area (Å²) in [6, 6.07) is 13.4. The van der Waals surface area contributed by atoms with Gasteiger partial charge in [0, 0.05) is 16.3 Å². The van der Waals surface area contributed by atoms with Crippen molar-refractivity contribution in [2.75, 3.05) is 23.5 Å². The van der Waals surface area contributed by atoms with Crippen molar-refractivity contribution >= 4 is 45.6 Å². The number of aryl methyl sites for hydroxylation is 1. The Bertz CT molecular complexity index is 1110. The van der Waals surface area contributed by atoms with Crippen molar-refractivity contribution in [3.8, 4) is 5.75 Å². The molecule has 0 saturated carbocycles. The zero-order valence-electron chi connectivity index (χ0n) is 17.6. The minimum absolute atomic E-state index is 0.157. The van der Waals surface area contributed by atoms with Gasteiger partial charge in [0.25, 0.3) is 5.91 Å². The highest BCUT2D eigenvalue weighted by atomic mass is 32.2. The van der Waals surface area contributed by atoms with Gasteiger partial charge in [0.2, 0.25) is 5.91 Å². The number of methoxy groups -OCH3 is 1. The topological polar surface area (TPSA) is 67.4 Å². The summed E-state index contributed by atoms with van der Waals surface area (Å²) in [6.45, 7) is 0. The van der Waals surface area contributed by atoms with Gasteiger partial charge in [-0.1, -0.05) is 12.1 Å². The van der Waals surface area contributed by atoms with Crippen LogP contribution in [0.3, 0.4) is 0 Å². The molecule has 0 saturated heterocycles. The molecule has 1 aliphatic rings. The van der Waals surface area contributed by atoms with E-state index in [4.69, 9.17) is 4.74 Å². The van der Waals surface area contributed by atoms with E-state index in [0.717, 1.165) is 30.4 Å². The lowest BCUT2D eigenvalue weighted by atomic mass is 10.1. The van der Waals surface area contributed by atoms with Crippen LogP contribution in [-0.4, -0.2) is 24.7 Å². The highest BCUT2D eigenvalue weighted by Gasteiger charge is 2.27. The predicted octanol–water partition coefficient (Wildman–Crippen LogP) is 5.51. The Balaban J connectivity index is 1.41. The molecule has 1 aliphatic carbocycles. The summed E-state index contributed by atoms with van der Waals surface area (Å²) in [5.41, 5.74) is 3.23. The fourth-order valence-electron chi connectivity index (χ4n) is 3.61. The number of ether oxygens (including phenoxy) is 1. The number of anilines is 2. The molecule has 1 aromatic heterocycles. The van der Waals surface area contributed by atoms with E-state index in [0.29, 0.717) is 27.8 Å². The largest absolute Gasteiger partial charge is 0.497 e. The maximum absolute atomic E-state index is 13.1. The summed E-state index contributed by atoms with van der Waals surface area (Å²) in [5, 5.41) is 6.48. The number of hydrogen-bond donors (Lipinski definition) is 2. The van der Waals surface area contributed by atoms with Crippen LogP contribution in [0, 0.1) is 5.82 Å². The number of amides is 2. The number of benzene rings is 2. The number of nitrogens with one attached hydrogen (secondary N) is 2. The first-order chi connectivity index (χ1) is 15.5. The number of rotatable bonds is 8. The van der Waals surface area contributed by atoms with Crippen LogP contribution in [0.5, 0.6) is 5.75 Å². The molecule has 2 N–H and O–H groups in total. The average molecular weight is 471 g/mol. The minimum atomic E-state index is -0.275. The van der Waals surface area contributed by atoms with Gasteiger partial charge in [-0.25, -0.2) is 4.39 Å². The Morgan fingerprint density at radius 3 is 2.53 bits per heavy atom. The number of halogens is 1. The molecule has 8 heteroatoms. The van der Waals surface area contributed by atoms with Gasteiger partial charge < -0.3 is 15.4 Å². The molecule has 32 heavy (non-hydrogen) atoms. The van der Waals surface area contributed by atoms with Crippen LogP contribution in [0.1, 0.15) is 32.8 Å². The highest BCUT2D eigenvalue weighted by Crippen LogP contribution is 2.39. The van der Waals surface area contributed by atoms with Gasteiger partial charge in [0.15, 0.2) is 0 Å². The van der Waals surface area contributed by atoms with E-state index in [1.165, 1.54) is 40.1 Å². The molecule has 3 aromatic rings. The molecular formula is C24H23FN2O3S2. The van der Waals surface area contributed by atoms with Crippen LogP contribution in [-0.2, 0) is 23.4 Å². The molecule has 4 rings (SSSR count). The van der Waals surface area contributed by atoms with E-state index in [2.05, 4.69) is 10.6 Å².